The molecule has 1 saturated carbocycles. The fourth-order valence-corrected chi connectivity index (χ4v) is 1.28. The molecule has 0 atom stereocenters. The molecule has 1 N–H and O–H groups in total. The first-order chi connectivity index (χ1) is 6.18. The highest BCUT2D eigenvalue weighted by Crippen LogP contribution is 2.30. The Bertz CT molecular complexity index is 341. The maximum absolute atomic E-state index is 10.6. The normalized spacial score (nSPS) is 16.1. The number of aromatic carboxylic acids is 1. The molecule has 1 aliphatic carbocycles. The van der Waals surface area contributed by atoms with Gasteiger partial charge >= 0.3 is 5.97 Å². The van der Waals surface area contributed by atoms with Gasteiger partial charge in [-0.25, -0.2) is 9.48 Å². The Labute approximate surface area is 75.4 Å². The van der Waals surface area contributed by atoms with Gasteiger partial charge in [-0.15, -0.1) is 5.10 Å². The number of hydrogen-bond acceptors (Lipinski definition) is 3. The van der Waals surface area contributed by atoms with Crippen molar-refractivity contribution >= 4 is 5.97 Å². The number of carboxylic acids is 1. The van der Waals surface area contributed by atoms with E-state index >= 15 is 0 Å². The molecule has 1 aromatic rings. The molecule has 0 saturated heterocycles. The topological polar surface area (TPSA) is 68.0 Å². The van der Waals surface area contributed by atoms with Crippen molar-refractivity contribution in [1.82, 2.24) is 15.0 Å². The number of carbonyl (C=O) groups is 1. The van der Waals surface area contributed by atoms with E-state index in [1.165, 1.54) is 12.8 Å². The fourth-order valence-electron chi connectivity index (χ4n) is 1.28. The lowest BCUT2D eigenvalue weighted by atomic mass is 10.3. The van der Waals surface area contributed by atoms with E-state index in [-0.39, 0.29) is 5.69 Å². The van der Waals surface area contributed by atoms with Crippen molar-refractivity contribution in [3.05, 3.63) is 11.4 Å². The summed E-state index contributed by atoms with van der Waals surface area (Å²) in [5, 5.41) is 16.1. The summed E-state index contributed by atoms with van der Waals surface area (Å²) in [7, 11) is 0. The summed E-state index contributed by atoms with van der Waals surface area (Å²) < 4.78 is 1.68. The van der Waals surface area contributed by atoms with Crippen LogP contribution in [0, 0.1) is 12.8 Å². The molecule has 5 heteroatoms. The summed E-state index contributed by atoms with van der Waals surface area (Å²) >= 11 is 0. The highest BCUT2D eigenvalue weighted by Gasteiger charge is 2.24. The van der Waals surface area contributed by atoms with Gasteiger partial charge in [0, 0.05) is 6.54 Å². The van der Waals surface area contributed by atoms with Crippen molar-refractivity contribution in [2.75, 3.05) is 0 Å². The molecule has 1 aromatic heterocycles. The van der Waals surface area contributed by atoms with Crippen molar-refractivity contribution in [3.8, 4) is 0 Å². The third-order valence-corrected chi connectivity index (χ3v) is 2.31. The molecule has 1 heterocycles. The van der Waals surface area contributed by atoms with Gasteiger partial charge in [-0.2, -0.15) is 0 Å². The number of nitrogens with zero attached hydrogens (tertiary/aromatic N) is 3. The van der Waals surface area contributed by atoms with Gasteiger partial charge in [-0.1, -0.05) is 5.21 Å². The van der Waals surface area contributed by atoms with Crippen LogP contribution in [0.5, 0.6) is 0 Å². The van der Waals surface area contributed by atoms with Crippen LogP contribution in [0.15, 0.2) is 0 Å². The summed E-state index contributed by atoms with van der Waals surface area (Å²) in [6.07, 6.45) is 2.45. The lowest BCUT2D eigenvalue weighted by molar-refractivity contribution is 0.0689. The average Bonchev–Trinajstić information content (AvgIpc) is 2.78. The monoisotopic (exact) mass is 181 g/mol. The van der Waals surface area contributed by atoms with Crippen LogP contribution < -0.4 is 0 Å². The van der Waals surface area contributed by atoms with Crippen molar-refractivity contribution in [3.63, 3.8) is 0 Å². The maximum atomic E-state index is 10.6. The summed E-state index contributed by atoms with van der Waals surface area (Å²) in [6.45, 7) is 2.55. The minimum absolute atomic E-state index is 0.0700. The van der Waals surface area contributed by atoms with E-state index in [0.717, 1.165) is 6.54 Å². The molecule has 70 valence electrons. The molecule has 5 nitrogen and oxygen atoms in total. The lowest BCUT2D eigenvalue weighted by Crippen LogP contribution is -2.05. The minimum Gasteiger partial charge on any atom is -0.476 e. The first-order valence-corrected chi connectivity index (χ1v) is 4.32. The van der Waals surface area contributed by atoms with Crippen molar-refractivity contribution < 1.29 is 9.90 Å². The Morgan fingerprint density at radius 2 is 2.38 bits per heavy atom. The SMILES string of the molecule is Cc1c(C(=O)O)nnn1CC1CC1. The second kappa shape index (κ2) is 2.83. The molecule has 0 aromatic carbocycles. The van der Waals surface area contributed by atoms with Crippen molar-refractivity contribution in [1.29, 1.82) is 0 Å². The van der Waals surface area contributed by atoms with Gasteiger partial charge in [0.05, 0.1) is 5.69 Å². The predicted octanol–water partition coefficient (Wildman–Crippen LogP) is 0.695. The molecular formula is C8H11N3O2. The van der Waals surface area contributed by atoms with E-state index in [9.17, 15) is 4.79 Å². The van der Waals surface area contributed by atoms with E-state index in [1.54, 1.807) is 11.6 Å². The largest absolute Gasteiger partial charge is 0.476 e. The lowest BCUT2D eigenvalue weighted by Gasteiger charge is -1.99. The van der Waals surface area contributed by atoms with Gasteiger partial charge in [-0.3, -0.25) is 0 Å². The third kappa shape index (κ3) is 1.54. The predicted molar refractivity (Wildman–Crippen MR) is 44.4 cm³/mol. The van der Waals surface area contributed by atoms with Gasteiger partial charge in [0.1, 0.15) is 0 Å². The van der Waals surface area contributed by atoms with Crippen LogP contribution in [-0.2, 0) is 6.54 Å². The average molecular weight is 181 g/mol. The number of rotatable bonds is 3. The molecule has 0 amide bonds. The minimum atomic E-state index is -1.00. The molecule has 0 radical (unpaired) electrons. The zero-order valence-electron chi connectivity index (χ0n) is 7.40. The number of carboxylic acid groups (broad SMARTS) is 1. The van der Waals surface area contributed by atoms with Crippen LogP contribution in [0.4, 0.5) is 0 Å². The Balaban J connectivity index is 2.21. The third-order valence-electron chi connectivity index (χ3n) is 2.31. The molecule has 13 heavy (non-hydrogen) atoms. The zero-order chi connectivity index (χ0) is 9.42. The highest BCUT2D eigenvalue weighted by molar-refractivity contribution is 5.86. The van der Waals surface area contributed by atoms with Gasteiger partial charge in [0.25, 0.3) is 0 Å². The quantitative estimate of drug-likeness (QED) is 0.745. The Kier molecular flexibility index (Phi) is 1.79. The van der Waals surface area contributed by atoms with Gasteiger partial charge in [0.2, 0.25) is 0 Å². The first-order valence-electron chi connectivity index (χ1n) is 4.32. The van der Waals surface area contributed by atoms with Crippen LogP contribution in [0.2, 0.25) is 0 Å². The van der Waals surface area contributed by atoms with Crippen LogP contribution in [0.3, 0.4) is 0 Å². The number of aromatic nitrogens is 3. The molecule has 0 aliphatic heterocycles. The summed E-state index contributed by atoms with van der Waals surface area (Å²) in [6, 6.07) is 0. The Morgan fingerprint density at radius 3 is 2.85 bits per heavy atom. The van der Waals surface area contributed by atoms with Gasteiger partial charge < -0.3 is 5.11 Å². The summed E-state index contributed by atoms with van der Waals surface area (Å²) in [5.74, 6) is -0.318. The van der Waals surface area contributed by atoms with Crippen LogP contribution in [0.25, 0.3) is 0 Å². The van der Waals surface area contributed by atoms with Crippen LogP contribution >= 0.6 is 0 Å². The molecule has 0 unspecified atom stereocenters. The van der Waals surface area contributed by atoms with Gasteiger partial charge in [0.15, 0.2) is 5.69 Å². The maximum Gasteiger partial charge on any atom is 0.358 e. The van der Waals surface area contributed by atoms with E-state index in [1.807, 2.05) is 0 Å². The Morgan fingerprint density at radius 1 is 1.69 bits per heavy atom. The summed E-state index contributed by atoms with van der Waals surface area (Å²) in [5.41, 5.74) is 0.722. The van der Waals surface area contributed by atoms with Crippen molar-refractivity contribution in [2.24, 2.45) is 5.92 Å². The molecule has 2 rings (SSSR count). The Hall–Kier alpha value is -1.39. The second-order valence-electron chi connectivity index (χ2n) is 3.45. The second-order valence-corrected chi connectivity index (χ2v) is 3.45. The highest BCUT2D eigenvalue weighted by atomic mass is 16.4. The van der Waals surface area contributed by atoms with E-state index in [4.69, 9.17) is 5.11 Å². The van der Waals surface area contributed by atoms with E-state index in [2.05, 4.69) is 10.3 Å². The first kappa shape index (κ1) is 8.22. The van der Waals surface area contributed by atoms with Crippen LogP contribution in [0.1, 0.15) is 29.0 Å². The van der Waals surface area contributed by atoms with Crippen LogP contribution in [-0.4, -0.2) is 26.1 Å². The smallest absolute Gasteiger partial charge is 0.358 e. The molecular weight excluding hydrogens is 170 g/mol. The standard InChI is InChI=1S/C8H11N3O2/c1-5-7(8(12)13)9-10-11(5)4-6-2-3-6/h6H,2-4H2,1H3,(H,12,13). The van der Waals surface area contributed by atoms with Crippen molar-refractivity contribution in [2.45, 2.75) is 26.3 Å². The number of hydrogen-bond donors (Lipinski definition) is 1. The van der Waals surface area contributed by atoms with E-state index in [0.29, 0.717) is 11.6 Å². The summed E-state index contributed by atoms with van der Waals surface area (Å²) in [4.78, 5) is 10.6. The molecule has 1 fully saturated rings. The zero-order valence-corrected chi connectivity index (χ0v) is 7.40. The molecule has 0 bridgehead atoms. The molecule has 0 spiro atoms. The fraction of sp³-hybridized carbons (Fsp3) is 0.625. The van der Waals surface area contributed by atoms with Gasteiger partial charge in [-0.05, 0) is 25.7 Å². The van der Waals surface area contributed by atoms with E-state index < -0.39 is 5.97 Å². The molecule has 1 aliphatic rings.